The molecule has 1 amide bonds. The first-order valence-electron chi connectivity index (χ1n) is 6.51. The van der Waals surface area contributed by atoms with Crippen LogP contribution in [0.25, 0.3) is 0 Å². The molecule has 0 fully saturated rings. The Hall–Kier alpha value is -2.47. The third-order valence-electron chi connectivity index (χ3n) is 2.96. The van der Waals surface area contributed by atoms with Gasteiger partial charge in [-0.05, 0) is 30.7 Å². The maximum absolute atomic E-state index is 12.1. The van der Waals surface area contributed by atoms with Crippen LogP contribution >= 0.6 is 11.3 Å². The second-order valence-corrected chi connectivity index (χ2v) is 5.87. The van der Waals surface area contributed by atoms with Crippen LogP contribution in [0.15, 0.2) is 48.9 Å². The van der Waals surface area contributed by atoms with E-state index >= 15 is 0 Å². The van der Waals surface area contributed by atoms with Gasteiger partial charge in [-0.15, -0.1) is 11.3 Å². The lowest BCUT2D eigenvalue weighted by Gasteiger charge is -2.04. The summed E-state index contributed by atoms with van der Waals surface area (Å²) in [5.74, 6) is -0.144. The molecule has 0 atom stereocenters. The second kappa shape index (κ2) is 5.88. The normalized spacial score (nSPS) is 10.5. The van der Waals surface area contributed by atoms with E-state index in [-0.39, 0.29) is 5.91 Å². The molecule has 0 saturated carbocycles. The Kier molecular flexibility index (Phi) is 3.79. The molecule has 0 saturated heterocycles. The van der Waals surface area contributed by atoms with E-state index < -0.39 is 0 Å². The van der Waals surface area contributed by atoms with Crippen LogP contribution in [-0.2, 0) is 6.54 Å². The molecule has 3 rings (SSSR count). The minimum atomic E-state index is -0.144. The van der Waals surface area contributed by atoms with E-state index in [0.29, 0.717) is 17.2 Å². The molecule has 2 heterocycles. The number of carbonyl (C=O) groups excluding carboxylic acids is 1. The van der Waals surface area contributed by atoms with Crippen molar-refractivity contribution in [3.8, 4) is 0 Å². The summed E-state index contributed by atoms with van der Waals surface area (Å²) in [6.45, 7) is 2.65. The molecule has 0 aliphatic heterocycles. The maximum Gasteiger partial charge on any atom is 0.257 e. The van der Waals surface area contributed by atoms with E-state index in [4.69, 9.17) is 0 Å². The number of nitrogens with one attached hydrogen (secondary N) is 1. The van der Waals surface area contributed by atoms with Crippen molar-refractivity contribution in [2.75, 3.05) is 5.32 Å². The van der Waals surface area contributed by atoms with Gasteiger partial charge in [0.25, 0.3) is 5.91 Å². The fourth-order valence-electron chi connectivity index (χ4n) is 1.92. The van der Waals surface area contributed by atoms with Crippen LogP contribution in [0.4, 0.5) is 5.13 Å². The Morgan fingerprint density at radius 3 is 2.76 bits per heavy atom. The van der Waals surface area contributed by atoms with Gasteiger partial charge in [-0.1, -0.05) is 12.1 Å². The molecule has 0 aliphatic rings. The van der Waals surface area contributed by atoms with Gasteiger partial charge in [0, 0.05) is 29.0 Å². The Labute approximate surface area is 126 Å². The van der Waals surface area contributed by atoms with Gasteiger partial charge in [0.1, 0.15) is 0 Å². The number of benzene rings is 1. The summed E-state index contributed by atoms with van der Waals surface area (Å²) < 4.78 is 1.84. The fraction of sp³-hybridized carbons (Fsp3) is 0.133. The summed E-state index contributed by atoms with van der Waals surface area (Å²) in [4.78, 5) is 17.3. The molecule has 0 spiro atoms. The van der Waals surface area contributed by atoms with Gasteiger partial charge >= 0.3 is 0 Å². The summed E-state index contributed by atoms with van der Waals surface area (Å²) in [6, 6.07) is 9.38. The quantitative estimate of drug-likeness (QED) is 0.805. The Bertz CT molecular complexity index is 731. The minimum absolute atomic E-state index is 0.144. The van der Waals surface area contributed by atoms with Crippen molar-refractivity contribution in [1.82, 2.24) is 14.8 Å². The van der Waals surface area contributed by atoms with E-state index in [1.807, 2.05) is 48.1 Å². The first-order chi connectivity index (χ1) is 10.2. The zero-order valence-electron chi connectivity index (χ0n) is 11.5. The van der Waals surface area contributed by atoms with Crippen LogP contribution in [0.3, 0.4) is 0 Å². The number of nitrogens with zero attached hydrogens (tertiary/aromatic N) is 3. The number of hydrogen-bond donors (Lipinski definition) is 1. The number of rotatable bonds is 4. The third kappa shape index (κ3) is 3.35. The summed E-state index contributed by atoms with van der Waals surface area (Å²) in [5, 5.41) is 7.58. The highest BCUT2D eigenvalue weighted by atomic mass is 32.1. The first kappa shape index (κ1) is 13.5. The molecular weight excluding hydrogens is 284 g/mol. The standard InChI is InChI=1S/C15H14N4OS/c1-11-9-16-15(21-11)18-14(20)13-5-3-12(4-6-13)10-19-8-2-7-17-19/h2-9H,10H2,1H3,(H,16,18,20). The molecule has 0 radical (unpaired) electrons. The lowest BCUT2D eigenvalue weighted by molar-refractivity contribution is 0.102. The maximum atomic E-state index is 12.1. The molecule has 0 aliphatic carbocycles. The molecule has 21 heavy (non-hydrogen) atoms. The van der Waals surface area contributed by atoms with E-state index in [9.17, 15) is 4.79 Å². The third-order valence-corrected chi connectivity index (χ3v) is 3.79. The smallest absolute Gasteiger partial charge is 0.257 e. The van der Waals surface area contributed by atoms with E-state index in [0.717, 1.165) is 10.4 Å². The van der Waals surface area contributed by atoms with Crippen LogP contribution in [0.5, 0.6) is 0 Å². The summed E-state index contributed by atoms with van der Waals surface area (Å²) >= 11 is 1.46. The number of anilines is 1. The zero-order valence-corrected chi connectivity index (χ0v) is 12.3. The molecular formula is C15H14N4OS. The molecule has 3 aromatic rings. The van der Waals surface area contributed by atoms with Crippen LogP contribution in [0.1, 0.15) is 20.8 Å². The average Bonchev–Trinajstić information content (AvgIpc) is 3.12. The largest absolute Gasteiger partial charge is 0.298 e. The molecule has 2 aromatic heterocycles. The second-order valence-electron chi connectivity index (χ2n) is 4.63. The van der Waals surface area contributed by atoms with E-state index in [2.05, 4.69) is 15.4 Å². The highest BCUT2D eigenvalue weighted by Gasteiger charge is 2.08. The van der Waals surface area contributed by atoms with Crippen molar-refractivity contribution < 1.29 is 4.79 Å². The predicted octanol–water partition coefficient (Wildman–Crippen LogP) is 2.95. The SMILES string of the molecule is Cc1cnc(NC(=O)c2ccc(Cn3cccn3)cc2)s1. The summed E-state index contributed by atoms with van der Waals surface area (Å²) in [6.07, 6.45) is 5.40. The highest BCUT2D eigenvalue weighted by Crippen LogP contribution is 2.17. The van der Waals surface area contributed by atoms with E-state index in [1.54, 1.807) is 12.4 Å². The van der Waals surface area contributed by atoms with Crippen LogP contribution in [-0.4, -0.2) is 20.7 Å². The van der Waals surface area contributed by atoms with E-state index in [1.165, 1.54) is 11.3 Å². The van der Waals surface area contributed by atoms with Gasteiger partial charge < -0.3 is 0 Å². The topological polar surface area (TPSA) is 59.8 Å². The summed E-state index contributed by atoms with van der Waals surface area (Å²) in [5.41, 5.74) is 1.72. The lowest BCUT2D eigenvalue weighted by Crippen LogP contribution is -2.11. The van der Waals surface area contributed by atoms with Crippen molar-refractivity contribution in [2.24, 2.45) is 0 Å². The van der Waals surface area contributed by atoms with Crippen LogP contribution in [0.2, 0.25) is 0 Å². The van der Waals surface area contributed by atoms with Gasteiger partial charge in [0.05, 0.1) is 6.54 Å². The lowest BCUT2D eigenvalue weighted by atomic mass is 10.1. The van der Waals surface area contributed by atoms with Crippen molar-refractivity contribution >= 4 is 22.4 Å². The average molecular weight is 298 g/mol. The fourth-order valence-corrected chi connectivity index (χ4v) is 2.58. The number of aryl methyl sites for hydroxylation is 1. The molecule has 106 valence electrons. The summed E-state index contributed by atoms with van der Waals surface area (Å²) in [7, 11) is 0. The minimum Gasteiger partial charge on any atom is -0.298 e. The zero-order chi connectivity index (χ0) is 14.7. The number of thiazole rings is 1. The number of amides is 1. The number of hydrogen-bond acceptors (Lipinski definition) is 4. The number of carbonyl (C=O) groups is 1. The van der Waals surface area contributed by atoms with Crippen molar-refractivity contribution in [3.63, 3.8) is 0 Å². The molecule has 1 N–H and O–H groups in total. The predicted molar refractivity (Wildman–Crippen MR) is 82.6 cm³/mol. The van der Waals surface area contributed by atoms with Crippen LogP contribution in [0, 0.1) is 6.92 Å². The first-order valence-corrected chi connectivity index (χ1v) is 7.32. The molecule has 5 nitrogen and oxygen atoms in total. The van der Waals surface area contributed by atoms with Gasteiger partial charge in [0.15, 0.2) is 5.13 Å². The molecule has 0 unspecified atom stereocenters. The number of aromatic nitrogens is 3. The molecule has 6 heteroatoms. The van der Waals surface area contributed by atoms with Gasteiger partial charge in [0.2, 0.25) is 0 Å². The highest BCUT2D eigenvalue weighted by molar-refractivity contribution is 7.15. The monoisotopic (exact) mass is 298 g/mol. The van der Waals surface area contributed by atoms with Crippen LogP contribution < -0.4 is 5.32 Å². The van der Waals surface area contributed by atoms with Gasteiger partial charge in [-0.2, -0.15) is 5.10 Å². The van der Waals surface area contributed by atoms with Crippen molar-refractivity contribution in [3.05, 3.63) is 64.9 Å². The molecule has 1 aromatic carbocycles. The van der Waals surface area contributed by atoms with Gasteiger partial charge in [-0.25, -0.2) is 4.98 Å². The molecule has 0 bridgehead atoms. The Balaban J connectivity index is 1.67. The van der Waals surface area contributed by atoms with Crippen molar-refractivity contribution in [1.29, 1.82) is 0 Å². The van der Waals surface area contributed by atoms with Crippen molar-refractivity contribution in [2.45, 2.75) is 13.5 Å². The van der Waals surface area contributed by atoms with Gasteiger partial charge in [-0.3, -0.25) is 14.8 Å². The Morgan fingerprint density at radius 2 is 2.14 bits per heavy atom. The Morgan fingerprint density at radius 1 is 1.33 bits per heavy atom.